The lowest BCUT2D eigenvalue weighted by molar-refractivity contribution is 1.07. The molecule has 0 N–H and O–H groups in total. The average Bonchev–Trinajstić information content (AvgIpc) is 3.50. The zero-order valence-electron chi connectivity index (χ0n) is 24.5. The highest BCUT2D eigenvalue weighted by atomic mass is 35.5. The standard InChI is InChI=1S/C41H24ClN3S/c42-41-44-39(27-21-19-26(20-22-27)29-15-7-10-25-9-1-2-11-28(25)29)43-40(45-41)34-24-23-32(30-12-3-4-13-31(30)34)33-16-8-18-37-38(33)35-14-5-6-17-36(35)46-37/h1-24H. The quantitative estimate of drug-likeness (QED) is 0.195. The van der Waals surface area contributed by atoms with Gasteiger partial charge in [-0.3, -0.25) is 0 Å². The van der Waals surface area contributed by atoms with Gasteiger partial charge in [0, 0.05) is 31.3 Å². The number of benzene rings is 7. The first-order valence-corrected chi connectivity index (χ1v) is 16.3. The maximum absolute atomic E-state index is 6.57. The van der Waals surface area contributed by atoms with Gasteiger partial charge in [-0.15, -0.1) is 11.3 Å². The number of nitrogens with zero attached hydrogens (tertiary/aromatic N) is 3. The second-order valence-electron chi connectivity index (χ2n) is 11.3. The van der Waals surface area contributed by atoms with Crippen molar-refractivity contribution < 1.29 is 0 Å². The number of fused-ring (bicyclic) bond motifs is 5. The summed E-state index contributed by atoms with van der Waals surface area (Å²) in [4.78, 5) is 14.1. The van der Waals surface area contributed by atoms with Crippen molar-refractivity contribution in [1.29, 1.82) is 0 Å². The maximum atomic E-state index is 6.57. The molecule has 9 aromatic rings. The third-order valence-electron chi connectivity index (χ3n) is 8.71. The monoisotopic (exact) mass is 625 g/mol. The van der Waals surface area contributed by atoms with Crippen molar-refractivity contribution in [2.75, 3.05) is 0 Å². The van der Waals surface area contributed by atoms with Gasteiger partial charge in [0.15, 0.2) is 11.6 Å². The van der Waals surface area contributed by atoms with E-state index in [4.69, 9.17) is 16.6 Å². The first kappa shape index (κ1) is 26.9. The molecule has 9 rings (SSSR count). The van der Waals surface area contributed by atoms with Crippen LogP contribution in [0.1, 0.15) is 0 Å². The number of thiophene rings is 1. The van der Waals surface area contributed by atoms with E-state index in [1.54, 1.807) is 0 Å². The molecule has 0 spiro atoms. The fourth-order valence-corrected chi connectivity index (χ4v) is 7.90. The van der Waals surface area contributed by atoms with Crippen molar-refractivity contribution in [2.45, 2.75) is 0 Å². The number of halogens is 1. The van der Waals surface area contributed by atoms with E-state index in [2.05, 4.69) is 156 Å². The van der Waals surface area contributed by atoms with E-state index in [9.17, 15) is 0 Å². The molecule has 0 aliphatic carbocycles. The van der Waals surface area contributed by atoms with Crippen LogP contribution in [-0.2, 0) is 0 Å². The molecule has 2 aromatic heterocycles. The van der Waals surface area contributed by atoms with Crippen molar-refractivity contribution in [3.05, 3.63) is 151 Å². The zero-order chi connectivity index (χ0) is 30.6. The summed E-state index contributed by atoms with van der Waals surface area (Å²) < 4.78 is 2.58. The van der Waals surface area contributed by atoms with Crippen LogP contribution in [0, 0.1) is 0 Å². The Morgan fingerprint density at radius 1 is 0.391 bits per heavy atom. The van der Waals surface area contributed by atoms with E-state index in [0.717, 1.165) is 27.5 Å². The molecule has 216 valence electrons. The SMILES string of the molecule is Clc1nc(-c2ccc(-c3cccc4ccccc34)cc2)nc(-c2ccc(-c3cccc4sc5ccccc5c34)c3ccccc23)n1. The molecule has 0 saturated carbocycles. The predicted octanol–water partition coefficient (Wildman–Crippen LogP) is 11.9. The molecule has 0 fully saturated rings. The summed E-state index contributed by atoms with van der Waals surface area (Å²) in [5.41, 5.74) is 6.52. The first-order valence-electron chi connectivity index (χ1n) is 15.1. The number of hydrogen-bond acceptors (Lipinski definition) is 4. The highest BCUT2D eigenvalue weighted by Crippen LogP contribution is 2.43. The lowest BCUT2D eigenvalue weighted by Gasteiger charge is -2.13. The Balaban J connectivity index is 1.15. The molecule has 0 unspecified atom stereocenters. The summed E-state index contributed by atoms with van der Waals surface area (Å²) in [5, 5.41) is 7.39. The van der Waals surface area contributed by atoms with Gasteiger partial charge in [0.1, 0.15) is 0 Å². The fourth-order valence-electron chi connectivity index (χ4n) is 6.60. The van der Waals surface area contributed by atoms with Gasteiger partial charge in [0.25, 0.3) is 0 Å². The van der Waals surface area contributed by atoms with Gasteiger partial charge in [0.2, 0.25) is 5.28 Å². The zero-order valence-corrected chi connectivity index (χ0v) is 26.1. The first-order chi connectivity index (χ1) is 22.7. The molecule has 46 heavy (non-hydrogen) atoms. The van der Waals surface area contributed by atoms with Gasteiger partial charge in [-0.2, -0.15) is 9.97 Å². The smallest absolute Gasteiger partial charge is 0.208 e. The van der Waals surface area contributed by atoms with Crippen LogP contribution in [0.4, 0.5) is 0 Å². The predicted molar refractivity (Wildman–Crippen MR) is 194 cm³/mol. The lowest BCUT2D eigenvalue weighted by Crippen LogP contribution is -1.98. The maximum Gasteiger partial charge on any atom is 0.226 e. The van der Waals surface area contributed by atoms with Crippen molar-refractivity contribution >= 4 is 64.7 Å². The van der Waals surface area contributed by atoms with Crippen LogP contribution in [0.3, 0.4) is 0 Å². The van der Waals surface area contributed by atoms with E-state index in [0.29, 0.717) is 11.6 Å². The van der Waals surface area contributed by atoms with Crippen LogP contribution in [-0.4, -0.2) is 15.0 Å². The molecule has 0 atom stereocenters. The molecule has 0 bridgehead atoms. The van der Waals surface area contributed by atoms with E-state index in [1.165, 1.54) is 47.6 Å². The minimum atomic E-state index is 0.167. The Kier molecular flexibility index (Phi) is 6.37. The van der Waals surface area contributed by atoms with Gasteiger partial charge < -0.3 is 0 Å². The molecular formula is C41H24ClN3S. The van der Waals surface area contributed by atoms with Crippen LogP contribution < -0.4 is 0 Å². The van der Waals surface area contributed by atoms with Crippen LogP contribution in [0.15, 0.2) is 146 Å². The van der Waals surface area contributed by atoms with Crippen LogP contribution in [0.25, 0.3) is 86.7 Å². The van der Waals surface area contributed by atoms with Gasteiger partial charge in [0.05, 0.1) is 0 Å². The van der Waals surface area contributed by atoms with Crippen LogP contribution in [0.5, 0.6) is 0 Å². The number of aromatic nitrogens is 3. The second kappa shape index (κ2) is 10.9. The number of hydrogen-bond donors (Lipinski definition) is 0. The number of rotatable bonds is 4. The van der Waals surface area contributed by atoms with E-state index < -0.39 is 0 Å². The van der Waals surface area contributed by atoms with Gasteiger partial charge in [-0.25, -0.2) is 4.98 Å². The average molecular weight is 626 g/mol. The third kappa shape index (κ3) is 4.46. The lowest BCUT2D eigenvalue weighted by atomic mass is 9.92. The van der Waals surface area contributed by atoms with Gasteiger partial charge in [-0.05, 0) is 73.6 Å². The second-order valence-corrected chi connectivity index (χ2v) is 12.8. The van der Waals surface area contributed by atoms with Crippen molar-refractivity contribution in [1.82, 2.24) is 15.0 Å². The van der Waals surface area contributed by atoms with Gasteiger partial charge in [-0.1, -0.05) is 127 Å². The van der Waals surface area contributed by atoms with E-state index in [-0.39, 0.29) is 5.28 Å². The summed E-state index contributed by atoms with van der Waals surface area (Å²) in [5.74, 6) is 1.09. The minimum Gasteiger partial charge on any atom is -0.208 e. The molecule has 7 aromatic carbocycles. The Morgan fingerprint density at radius 2 is 0.978 bits per heavy atom. The van der Waals surface area contributed by atoms with Crippen LogP contribution >= 0.6 is 22.9 Å². The summed E-state index contributed by atoms with van der Waals surface area (Å²) in [6, 6.07) is 51.2. The molecular weight excluding hydrogens is 602 g/mol. The summed E-state index contributed by atoms with van der Waals surface area (Å²) in [6.07, 6.45) is 0. The molecule has 2 heterocycles. The van der Waals surface area contributed by atoms with Crippen molar-refractivity contribution in [3.63, 3.8) is 0 Å². The minimum absolute atomic E-state index is 0.167. The van der Waals surface area contributed by atoms with Crippen molar-refractivity contribution in [3.8, 4) is 45.0 Å². The third-order valence-corrected chi connectivity index (χ3v) is 10.0. The van der Waals surface area contributed by atoms with Crippen LogP contribution in [0.2, 0.25) is 5.28 Å². The summed E-state index contributed by atoms with van der Waals surface area (Å²) >= 11 is 8.40. The fraction of sp³-hybridized carbons (Fsp3) is 0. The topological polar surface area (TPSA) is 38.7 Å². The Hall–Kier alpha value is -5.42. The molecule has 5 heteroatoms. The molecule has 0 saturated heterocycles. The summed E-state index contributed by atoms with van der Waals surface area (Å²) in [7, 11) is 0. The molecule has 0 aliphatic rings. The highest BCUT2D eigenvalue weighted by molar-refractivity contribution is 7.25. The van der Waals surface area contributed by atoms with Gasteiger partial charge >= 0.3 is 0 Å². The molecule has 0 amide bonds. The largest absolute Gasteiger partial charge is 0.226 e. The molecule has 3 nitrogen and oxygen atoms in total. The summed E-state index contributed by atoms with van der Waals surface area (Å²) in [6.45, 7) is 0. The Morgan fingerprint density at radius 3 is 1.83 bits per heavy atom. The Bertz CT molecular complexity index is 2600. The van der Waals surface area contributed by atoms with Crippen molar-refractivity contribution in [2.24, 2.45) is 0 Å². The molecule has 0 aliphatic heterocycles. The Labute approximate surface area is 274 Å². The van der Waals surface area contributed by atoms with E-state index >= 15 is 0 Å². The normalized spacial score (nSPS) is 11.6. The highest BCUT2D eigenvalue weighted by Gasteiger charge is 2.17. The molecule has 0 radical (unpaired) electrons. The van der Waals surface area contributed by atoms with E-state index in [1.807, 2.05) is 11.3 Å².